The van der Waals surface area contributed by atoms with E-state index >= 15 is 0 Å². The Labute approximate surface area is 119 Å². The lowest BCUT2D eigenvalue weighted by atomic mass is 9.90. The number of carboxylic acid groups (broad SMARTS) is 3. The lowest BCUT2D eigenvalue weighted by molar-refractivity contribution is -0.146. The van der Waals surface area contributed by atoms with Crippen molar-refractivity contribution in [1.29, 1.82) is 0 Å². The van der Waals surface area contributed by atoms with Gasteiger partial charge in [0.1, 0.15) is 0 Å². The highest BCUT2D eigenvalue weighted by Gasteiger charge is 2.35. The molecule has 7 N–H and O–H groups in total. The standard InChI is InChI=1S/C10H17N3O8/c11-21-9(20)4-13-10(1-6(14)15,2-7(16)17)5-12-3-8(18)19/h12-13H,1-5,11H2,(H,14,15)(H,16,17)(H,18,19). The maximum Gasteiger partial charge on any atom is 0.338 e. The van der Waals surface area contributed by atoms with Crippen LogP contribution in [0.5, 0.6) is 0 Å². The third-order valence-corrected chi connectivity index (χ3v) is 2.46. The van der Waals surface area contributed by atoms with Gasteiger partial charge in [0.25, 0.3) is 0 Å². The Morgan fingerprint density at radius 1 is 0.952 bits per heavy atom. The van der Waals surface area contributed by atoms with Gasteiger partial charge >= 0.3 is 23.9 Å². The third-order valence-electron chi connectivity index (χ3n) is 2.46. The van der Waals surface area contributed by atoms with Crippen molar-refractivity contribution >= 4 is 23.9 Å². The molecule has 0 radical (unpaired) electrons. The molecule has 0 bridgehead atoms. The van der Waals surface area contributed by atoms with Crippen LogP contribution in [0, 0.1) is 0 Å². The predicted molar refractivity (Wildman–Crippen MR) is 66.0 cm³/mol. The van der Waals surface area contributed by atoms with Crippen molar-refractivity contribution in [1.82, 2.24) is 10.6 Å². The van der Waals surface area contributed by atoms with Crippen molar-refractivity contribution in [2.24, 2.45) is 5.90 Å². The van der Waals surface area contributed by atoms with Crippen molar-refractivity contribution in [2.45, 2.75) is 18.4 Å². The number of hydrogen-bond donors (Lipinski definition) is 6. The molecular formula is C10H17N3O8. The minimum absolute atomic E-state index is 0.296. The molecule has 0 saturated heterocycles. The fourth-order valence-electron chi connectivity index (χ4n) is 1.66. The topological polar surface area (TPSA) is 188 Å². The van der Waals surface area contributed by atoms with E-state index in [0.717, 1.165) is 0 Å². The summed E-state index contributed by atoms with van der Waals surface area (Å²) < 4.78 is 0. The van der Waals surface area contributed by atoms with Crippen LogP contribution in [0.3, 0.4) is 0 Å². The first-order chi connectivity index (χ1) is 9.70. The van der Waals surface area contributed by atoms with E-state index in [9.17, 15) is 19.2 Å². The molecule has 11 heteroatoms. The molecular weight excluding hydrogens is 290 g/mol. The van der Waals surface area contributed by atoms with Gasteiger partial charge in [-0.05, 0) is 0 Å². The molecule has 0 amide bonds. The van der Waals surface area contributed by atoms with Crippen LogP contribution in [0.2, 0.25) is 0 Å². The summed E-state index contributed by atoms with van der Waals surface area (Å²) in [4.78, 5) is 47.1. The van der Waals surface area contributed by atoms with Gasteiger partial charge in [-0.3, -0.25) is 19.7 Å². The zero-order valence-corrected chi connectivity index (χ0v) is 11.0. The first kappa shape index (κ1) is 18.8. The second-order valence-electron chi connectivity index (χ2n) is 4.26. The van der Waals surface area contributed by atoms with Gasteiger partial charge in [0.2, 0.25) is 0 Å². The van der Waals surface area contributed by atoms with E-state index < -0.39 is 55.3 Å². The van der Waals surface area contributed by atoms with Crippen molar-refractivity contribution < 1.29 is 39.3 Å². The molecule has 0 aliphatic heterocycles. The van der Waals surface area contributed by atoms with Crippen LogP contribution in [-0.4, -0.2) is 64.4 Å². The molecule has 0 saturated carbocycles. The van der Waals surface area contributed by atoms with Gasteiger partial charge in [-0.2, -0.15) is 5.90 Å². The maximum absolute atomic E-state index is 11.0. The minimum Gasteiger partial charge on any atom is -0.481 e. The fraction of sp³-hybridized carbons (Fsp3) is 0.600. The first-order valence-electron chi connectivity index (χ1n) is 5.71. The van der Waals surface area contributed by atoms with Crippen LogP contribution in [0.4, 0.5) is 0 Å². The first-order valence-corrected chi connectivity index (χ1v) is 5.71. The molecule has 11 nitrogen and oxygen atoms in total. The Bertz CT molecular complexity index is 395. The molecule has 0 atom stereocenters. The van der Waals surface area contributed by atoms with Crippen LogP contribution in [0.25, 0.3) is 0 Å². The van der Waals surface area contributed by atoms with Gasteiger partial charge in [-0.25, -0.2) is 4.79 Å². The summed E-state index contributed by atoms with van der Waals surface area (Å²) in [6.45, 7) is -1.31. The maximum atomic E-state index is 11.0. The summed E-state index contributed by atoms with van der Waals surface area (Å²) in [5, 5.41) is 31.1. The Kier molecular flexibility index (Phi) is 7.89. The van der Waals surface area contributed by atoms with E-state index in [1.165, 1.54) is 0 Å². The zero-order valence-electron chi connectivity index (χ0n) is 11.0. The monoisotopic (exact) mass is 307 g/mol. The summed E-state index contributed by atoms with van der Waals surface area (Å²) in [5.41, 5.74) is -1.57. The highest BCUT2D eigenvalue weighted by Crippen LogP contribution is 2.15. The Balaban J connectivity index is 5.00. The van der Waals surface area contributed by atoms with E-state index in [4.69, 9.17) is 15.3 Å². The van der Waals surface area contributed by atoms with Gasteiger partial charge in [-0.1, -0.05) is 0 Å². The Morgan fingerprint density at radius 3 is 1.86 bits per heavy atom. The van der Waals surface area contributed by atoms with Crippen LogP contribution < -0.4 is 16.5 Å². The molecule has 0 aliphatic carbocycles. The number of carbonyl (C=O) groups is 4. The molecule has 0 unspecified atom stereocenters. The van der Waals surface area contributed by atoms with Crippen molar-refractivity contribution in [2.75, 3.05) is 19.6 Å². The largest absolute Gasteiger partial charge is 0.481 e. The smallest absolute Gasteiger partial charge is 0.338 e. The zero-order chi connectivity index (χ0) is 16.5. The number of nitrogens with two attached hydrogens (primary N) is 1. The van der Waals surface area contributed by atoms with Gasteiger partial charge in [0, 0.05) is 6.54 Å². The average molecular weight is 307 g/mol. The van der Waals surface area contributed by atoms with Crippen LogP contribution >= 0.6 is 0 Å². The summed E-state index contributed by atoms with van der Waals surface area (Å²) in [6, 6.07) is 0. The second kappa shape index (κ2) is 8.84. The molecule has 21 heavy (non-hydrogen) atoms. The number of carbonyl (C=O) groups excluding carboxylic acids is 1. The van der Waals surface area contributed by atoms with Crippen LogP contribution in [0.15, 0.2) is 0 Å². The average Bonchev–Trinajstić information content (AvgIpc) is 2.33. The Hall–Kier alpha value is -2.24. The summed E-state index contributed by atoms with van der Waals surface area (Å²) in [7, 11) is 0. The molecule has 0 aliphatic rings. The SMILES string of the molecule is NOC(=O)CNC(CNCC(=O)O)(CC(=O)O)CC(=O)O. The van der Waals surface area contributed by atoms with Crippen LogP contribution in [-0.2, 0) is 24.0 Å². The van der Waals surface area contributed by atoms with Crippen molar-refractivity contribution in [3.63, 3.8) is 0 Å². The second-order valence-corrected chi connectivity index (χ2v) is 4.26. The predicted octanol–water partition coefficient (Wildman–Crippen LogP) is -2.64. The molecule has 0 spiro atoms. The molecule has 0 aromatic carbocycles. The summed E-state index contributed by atoms with van der Waals surface area (Å²) in [5.74, 6) is -0.128. The van der Waals surface area contributed by atoms with Crippen LogP contribution in [0.1, 0.15) is 12.8 Å². The molecule has 0 fully saturated rings. The van der Waals surface area contributed by atoms with Gasteiger partial charge in [0.05, 0.1) is 31.5 Å². The normalized spacial score (nSPS) is 10.9. The highest BCUT2D eigenvalue weighted by molar-refractivity contribution is 5.75. The minimum atomic E-state index is -1.57. The van der Waals surface area contributed by atoms with E-state index in [-0.39, 0.29) is 6.54 Å². The van der Waals surface area contributed by atoms with Gasteiger partial charge in [0.15, 0.2) is 0 Å². The van der Waals surface area contributed by atoms with Gasteiger partial charge < -0.3 is 25.5 Å². The number of carboxylic acids is 3. The highest BCUT2D eigenvalue weighted by atomic mass is 16.7. The lowest BCUT2D eigenvalue weighted by Crippen LogP contribution is -2.57. The molecule has 120 valence electrons. The quantitative estimate of drug-likeness (QED) is 0.219. The molecule has 0 rings (SSSR count). The number of hydrogen-bond acceptors (Lipinski definition) is 8. The number of nitrogens with one attached hydrogen (secondary N) is 2. The van der Waals surface area contributed by atoms with Crippen molar-refractivity contribution in [3.05, 3.63) is 0 Å². The molecule has 0 aromatic heterocycles. The van der Waals surface area contributed by atoms with E-state index in [1.807, 2.05) is 0 Å². The van der Waals surface area contributed by atoms with E-state index in [1.54, 1.807) is 0 Å². The summed E-state index contributed by atoms with van der Waals surface area (Å²) >= 11 is 0. The summed E-state index contributed by atoms with van der Waals surface area (Å²) in [6.07, 6.45) is -1.30. The number of aliphatic carboxylic acids is 3. The van der Waals surface area contributed by atoms with E-state index in [0.29, 0.717) is 0 Å². The third kappa shape index (κ3) is 8.52. The lowest BCUT2D eigenvalue weighted by Gasteiger charge is -2.32. The number of rotatable bonds is 11. The van der Waals surface area contributed by atoms with Gasteiger partial charge in [-0.15, -0.1) is 0 Å². The Morgan fingerprint density at radius 2 is 1.48 bits per heavy atom. The van der Waals surface area contributed by atoms with Crippen molar-refractivity contribution in [3.8, 4) is 0 Å². The molecule has 0 aromatic rings. The fourth-order valence-corrected chi connectivity index (χ4v) is 1.66. The van der Waals surface area contributed by atoms with E-state index in [2.05, 4.69) is 21.4 Å². The molecule has 0 heterocycles.